The van der Waals surface area contributed by atoms with Gasteiger partial charge in [0.05, 0.1) is 23.9 Å². The van der Waals surface area contributed by atoms with Gasteiger partial charge in [-0.25, -0.2) is 4.79 Å². The van der Waals surface area contributed by atoms with Crippen LogP contribution in [0.5, 0.6) is 11.5 Å². The average Bonchev–Trinajstić information content (AvgIpc) is 3.16. The SMILES string of the molecule is CCOC(=O)C1=C(c2ccccc2)NC(=S)N[C@@H]1c1ccc2c(c1)OCO2. The minimum absolute atomic E-state index is 0.187. The van der Waals surface area contributed by atoms with Gasteiger partial charge >= 0.3 is 5.97 Å². The first-order valence-electron chi connectivity index (χ1n) is 8.61. The molecule has 0 saturated heterocycles. The lowest BCUT2D eigenvalue weighted by Crippen LogP contribution is -2.45. The van der Waals surface area contributed by atoms with Crippen molar-refractivity contribution in [2.45, 2.75) is 13.0 Å². The summed E-state index contributed by atoms with van der Waals surface area (Å²) in [7, 11) is 0. The van der Waals surface area contributed by atoms with E-state index in [0.29, 0.717) is 27.9 Å². The largest absolute Gasteiger partial charge is 0.463 e. The summed E-state index contributed by atoms with van der Waals surface area (Å²) in [4.78, 5) is 12.8. The smallest absolute Gasteiger partial charge is 0.338 e. The molecule has 2 aliphatic heterocycles. The fraction of sp³-hybridized carbons (Fsp3) is 0.200. The maximum absolute atomic E-state index is 12.8. The van der Waals surface area contributed by atoms with Crippen LogP contribution in [-0.2, 0) is 9.53 Å². The highest BCUT2D eigenvalue weighted by Crippen LogP contribution is 2.38. The fourth-order valence-electron chi connectivity index (χ4n) is 3.17. The molecular formula is C20H18N2O4S. The third kappa shape index (κ3) is 3.33. The van der Waals surface area contributed by atoms with Crippen LogP contribution in [0.4, 0.5) is 0 Å². The predicted octanol–water partition coefficient (Wildman–Crippen LogP) is 2.91. The van der Waals surface area contributed by atoms with E-state index in [2.05, 4.69) is 10.6 Å². The van der Waals surface area contributed by atoms with Gasteiger partial charge in [0.1, 0.15) is 0 Å². The second-order valence-electron chi connectivity index (χ2n) is 6.02. The van der Waals surface area contributed by atoms with E-state index in [1.54, 1.807) is 6.92 Å². The van der Waals surface area contributed by atoms with Crippen LogP contribution in [0.3, 0.4) is 0 Å². The Labute approximate surface area is 162 Å². The first-order valence-corrected chi connectivity index (χ1v) is 9.02. The summed E-state index contributed by atoms with van der Waals surface area (Å²) in [6.45, 7) is 2.25. The summed E-state index contributed by atoms with van der Waals surface area (Å²) in [5, 5.41) is 6.73. The van der Waals surface area contributed by atoms with Crippen molar-refractivity contribution in [3.8, 4) is 11.5 Å². The predicted molar refractivity (Wildman–Crippen MR) is 104 cm³/mol. The van der Waals surface area contributed by atoms with E-state index in [-0.39, 0.29) is 13.4 Å². The second kappa shape index (κ2) is 7.28. The molecule has 0 fully saturated rings. The van der Waals surface area contributed by atoms with E-state index in [1.165, 1.54) is 0 Å². The lowest BCUT2D eigenvalue weighted by Gasteiger charge is -2.31. The molecule has 0 spiro atoms. The van der Waals surface area contributed by atoms with Crippen molar-refractivity contribution in [2.75, 3.05) is 13.4 Å². The van der Waals surface area contributed by atoms with Gasteiger partial charge in [-0.2, -0.15) is 0 Å². The van der Waals surface area contributed by atoms with Gasteiger partial charge in [0.2, 0.25) is 6.79 Å². The van der Waals surface area contributed by atoms with Crippen LogP contribution in [0.15, 0.2) is 54.1 Å². The van der Waals surface area contributed by atoms with Gasteiger partial charge in [-0.05, 0) is 42.4 Å². The van der Waals surface area contributed by atoms with Crippen LogP contribution in [0.1, 0.15) is 24.1 Å². The van der Waals surface area contributed by atoms with Gasteiger partial charge < -0.3 is 24.8 Å². The standard InChI is InChI=1S/C20H18N2O4S/c1-2-24-19(23)16-17(12-6-4-3-5-7-12)21-20(27)22-18(16)13-8-9-14-15(10-13)26-11-25-14/h3-10,18H,2,11H2,1H3,(H2,21,22,27)/t18-/m1/s1. The van der Waals surface area contributed by atoms with Crippen LogP contribution in [0.2, 0.25) is 0 Å². The number of ether oxygens (including phenoxy) is 3. The number of hydrogen-bond donors (Lipinski definition) is 2. The van der Waals surface area contributed by atoms with Gasteiger partial charge in [-0.3, -0.25) is 0 Å². The number of rotatable bonds is 4. The van der Waals surface area contributed by atoms with Gasteiger partial charge in [-0.15, -0.1) is 0 Å². The van der Waals surface area contributed by atoms with Crippen LogP contribution in [0.25, 0.3) is 5.70 Å². The lowest BCUT2D eigenvalue weighted by atomic mass is 9.92. The zero-order valence-corrected chi connectivity index (χ0v) is 15.5. The minimum atomic E-state index is -0.470. The molecule has 2 aliphatic rings. The van der Waals surface area contributed by atoms with E-state index in [0.717, 1.165) is 11.1 Å². The Morgan fingerprint density at radius 3 is 2.74 bits per heavy atom. The van der Waals surface area contributed by atoms with E-state index in [9.17, 15) is 4.79 Å². The number of thiocarbonyl (C=S) groups is 1. The third-order valence-corrected chi connectivity index (χ3v) is 4.58. The molecule has 138 valence electrons. The maximum atomic E-state index is 12.8. The monoisotopic (exact) mass is 382 g/mol. The van der Waals surface area contributed by atoms with Crippen molar-refractivity contribution in [1.82, 2.24) is 10.6 Å². The average molecular weight is 382 g/mol. The number of benzene rings is 2. The molecule has 4 rings (SSSR count). The number of esters is 1. The second-order valence-corrected chi connectivity index (χ2v) is 6.43. The molecule has 0 saturated carbocycles. The molecule has 0 aromatic heterocycles. The van der Waals surface area contributed by atoms with E-state index in [1.807, 2.05) is 48.5 Å². The van der Waals surface area contributed by atoms with Crippen molar-refractivity contribution < 1.29 is 19.0 Å². The van der Waals surface area contributed by atoms with Crippen LogP contribution < -0.4 is 20.1 Å². The molecule has 1 atom stereocenters. The molecule has 6 nitrogen and oxygen atoms in total. The van der Waals surface area contributed by atoms with E-state index in [4.69, 9.17) is 26.4 Å². The molecular weight excluding hydrogens is 364 g/mol. The highest BCUT2D eigenvalue weighted by molar-refractivity contribution is 7.80. The maximum Gasteiger partial charge on any atom is 0.338 e. The normalized spacial score (nSPS) is 18.0. The van der Waals surface area contributed by atoms with Crippen molar-refractivity contribution in [3.63, 3.8) is 0 Å². The Balaban J connectivity index is 1.85. The summed E-state index contributed by atoms with van der Waals surface area (Å²) >= 11 is 5.40. The Morgan fingerprint density at radius 2 is 1.96 bits per heavy atom. The Kier molecular flexibility index (Phi) is 4.68. The quantitative estimate of drug-likeness (QED) is 0.622. The van der Waals surface area contributed by atoms with Crippen LogP contribution >= 0.6 is 12.2 Å². The molecule has 0 aliphatic carbocycles. The molecule has 27 heavy (non-hydrogen) atoms. The molecule has 2 aromatic carbocycles. The Morgan fingerprint density at radius 1 is 1.19 bits per heavy atom. The van der Waals surface area contributed by atoms with Gasteiger partial charge in [-0.1, -0.05) is 36.4 Å². The van der Waals surface area contributed by atoms with Crippen LogP contribution in [0, 0.1) is 0 Å². The van der Waals surface area contributed by atoms with Crippen LogP contribution in [-0.4, -0.2) is 24.5 Å². The molecule has 2 heterocycles. The molecule has 0 unspecified atom stereocenters. The first-order chi connectivity index (χ1) is 13.2. The van der Waals surface area contributed by atoms with Crippen molar-refractivity contribution in [1.29, 1.82) is 0 Å². The van der Waals surface area contributed by atoms with Crippen molar-refractivity contribution in [3.05, 3.63) is 65.2 Å². The molecule has 2 aromatic rings. The molecule has 7 heteroatoms. The van der Waals surface area contributed by atoms with E-state index >= 15 is 0 Å². The lowest BCUT2D eigenvalue weighted by molar-refractivity contribution is -0.138. The summed E-state index contributed by atoms with van der Waals surface area (Å²) in [5.41, 5.74) is 2.80. The zero-order chi connectivity index (χ0) is 18.8. The summed E-state index contributed by atoms with van der Waals surface area (Å²) in [6.07, 6.45) is 0. The highest BCUT2D eigenvalue weighted by Gasteiger charge is 2.33. The highest BCUT2D eigenvalue weighted by atomic mass is 32.1. The molecule has 2 N–H and O–H groups in total. The van der Waals surface area contributed by atoms with Gasteiger partial charge in [0, 0.05) is 0 Å². The number of fused-ring (bicyclic) bond motifs is 1. The van der Waals surface area contributed by atoms with E-state index < -0.39 is 12.0 Å². The Hall–Kier alpha value is -3.06. The van der Waals surface area contributed by atoms with Crippen molar-refractivity contribution >= 4 is 29.0 Å². The molecule has 0 radical (unpaired) electrons. The fourth-order valence-corrected chi connectivity index (χ4v) is 3.39. The van der Waals surface area contributed by atoms with Gasteiger partial charge in [0.25, 0.3) is 0 Å². The molecule has 0 amide bonds. The van der Waals surface area contributed by atoms with Crippen molar-refractivity contribution in [2.24, 2.45) is 0 Å². The molecule has 0 bridgehead atoms. The Bertz CT molecular complexity index is 927. The number of carbonyl (C=O) groups excluding carboxylic acids is 1. The summed E-state index contributed by atoms with van der Waals surface area (Å²) in [5.74, 6) is 0.921. The topological polar surface area (TPSA) is 68.8 Å². The number of nitrogens with one attached hydrogen (secondary N) is 2. The summed E-state index contributed by atoms with van der Waals surface area (Å²) in [6, 6.07) is 14.7. The summed E-state index contributed by atoms with van der Waals surface area (Å²) < 4.78 is 16.2. The minimum Gasteiger partial charge on any atom is -0.463 e. The first kappa shape index (κ1) is 17.4. The zero-order valence-electron chi connectivity index (χ0n) is 14.7. The number of carbonyl (C=O) groups is 1. The number of hydrogen-bond acceptors (Lipinski definition) is 5. The van der Waals surface area contributed by atoms with Gasteiger partial charge in [0.15, 0.2) is 16.6 Å². The third-order valence-electron chi connectivity index (χ3n) is 4.36.